The Morgan fingerprint density at radius 3 is 2.22 bits per heavy atom. The van der Waals surface area contributed by atoms with E-state index in [0.717, 1.165) is 48.3 Å². The molecule has 3 rings (SSSR count). The lowest BCUT2D eigenvalue weighted by molar-refractivity contribution is -0.932. The molecule has 0 heterocycles. The van der Waals surface area contributed by atoms with Crippen LogP contribution in [-0.4, -0.2) is 18.5 Å². The molecule has 0 spiro atoms. The van der Waals surface area contributed by atoms with E-state index >= 15 is 0 Å². The van der Waals surface area contributed by atoms with Crippen molar-refractivity contribution in [1.29, 1.82) is 0 Å². The number of carbonyl (C=O) groups is 1. The Morgan fingerprint density at radius 1 is 0.963 bits per heavy atom. The van der Waals surface area contributed by atoms with Crippen LogP contribution in [0.15, 0.2) is 42.5 Å². The first kappa shape index (κ1) is 19.4. The molecule has 1 saturated carbocycles. The van der Waals surface area contributed by atoms with Crippen molar-refractivity contribution in [3.05, 3.63) is 65.5 Å². The second-order valence-corrected chi connectivity index (χ2v) is 7.12. The van der Waals surface area contributed by atoms with Gasteiger partial charge in [0.2, 0.25) is 0 Å². The molecule has 2 N–H and O–H groups in total. The van der Waals surface area contributed by atoms with Crippen LogP contribution in [0.3, 0.4) is 0 Å². The summed E-state index contributed by atoms with van der Waals surface area (Å²) in [6.07, 6.45) is 5.44. The van der Waals surface area contributed by atoms with Crippen molar-refractivity contribution in [2.45, 2.75) is 44.7 Å². The predicted molar refractivity (Wildman–Crippen MR) is 97.8 cm³/mol. The van der Waals surface area contributed by atoms with Gasteiger partial charge in [0.05, 0.1) is 6.04 Å². The first-order chi connectivity index (χ1) is 13.0. The van der Waals surface area contributed by atoms with E-state index in [1.807, 2.05) is 0 Å². The number of hydrogen-bond acceptors (Lipinski definition) is 1. The Morgan fingerprint density at radius 2 is 1.59 bits per heavy atom. The highest BCUT2D eigenvalue weighted by molar-refractivity contribution is 5.91. The van der Waals surface area contributed by atoms with Crippen LogP contribution in [0.2, 0.25) is 0 Å². The van der Waals surface area contributed by atoms with E-state index in [1.165, 1.54) is 24.6 Å². The molecule has 144 valence electrons. The van der Waals surface area contributed by atoms with Gasteiger partial charge in [-0.25, -0.2) is 13.2 Å². The summed E-state index contributed by atoms with van der Waals surface area (Å²) in [5, 5.41) is 2.37. The molecule has 0 radical (unpaired) electrons. The maximum atomic E-state index is 13.8. The van der Waals surface area contributed by atoms with Crippen molar-refractivity contribution in [2.24, 2.45) is 0 Å². The molecule has 0 aliphatic heterocycles. The Hall–Kier alpha value is -2.34. The van der Waals surface area contributed by atoms with E-state index in [0.29, 0.717) is 12.6 Å². The number of quaternary nitrogens is 1. The quantitative estimate of drug-likeness (QED) is 0.794. The minimum Gasteiger partial charge on any atom is -0.321 e. The highest BCUT2D eigenvalue weighted by atomic mass is 19.1. The zero-order valence-electron chi connectivity index (χ0n) is 15.1. The summed E-state index contributed by atoms with van der Waals surface area (Å²) in [5.74, 6) is -2.31. The molecular formula is C21H24F3N2O+. The number of para-hydroxylation sites is 1. The largest absolute Gasteiger partial charge is 0.321 e. The van der Waals surface area contributed by atoms with Crippen LogP contribution in [0.5, 0.6) is 0 Å². The Kier molecular flexibility index (Phi) is 6.50. The summed E-state index contributed by atoms with van der Waals surface area (Å²) in [6.45, 7) is 0.675. The third-order valence-electron chi connectivity index (χ3n) is 5.14. The number of halogens is 3. The SMILES string of the molecule is O=C(C[NH+](Cc1ccc(F)cc1)C1CCCCC1)Nc1c(F)cccc1F. The third kappa shape index (κ3) is 5.32. The summed E-state index contributed by atoms with van der Waals surface area (Å²) in [7, 11) is 0. The van der Waals surface area contributed by atoms with E-state index in [9.17, 15) is 18.0 Å². The molecule has 1 aliphatic rings. The Labute approximate surface area is 157 Å². The standard InChI is InChI=1S/C21H23F3N2O/c22-16-11-9-15(10-12-16)13-26(17-5-2-1-3-6-17)14-20(27)25-21-18(23)7-4-8-19(21)24/h4,7-12,17H,1-3,5-6,13-14H2,(H,25,27)/p+1. The van der Waals surface area contributed by atoms with E-state index in [4.69, 9.17) is 0 Å². The highest BCUT2D eigenvalue weighted by Crippen LogP contribution is 2.18. The smallest absolute Gasteiger partial charge is 0.279 e. The molecule has 1 aliphatic carbocycles. The van der Waals surface area contributed by atoms with Gasteiger partial charge in [-0.1, -0.05) is 24.6 Å². The lowest BCUT2D eigenvalue weighted by atomic mass is 9.93. The van der Waals surface area contributed by atoms with Crippen molar-refractivity contribution in [3.8, 4) is 0 Å². The van der Waals surface area contributed by atoms with Gasteiger partial charge >= 0.3 is 0 Å². The van der Waals surface area contributed by atoms with Crippen LogP contribution in [0.4, 0.5) is 18.9 Å². The Balaban J connectivity index is 1.71. The van der Waals surface area contributed by atoms with E-state index in [1.54, 1.807) is 12.1 Å². The van der Waals surface area contributed by atoms with Crippen molar-refractivity contribution < 1.29 is 22.9 Å². The van der Waals surface area contributed by atoms with Crippen molar-refractivity contribution >= 4 is 11.6 Å². The monoisotopic (exact) mass is 377 g/mol. The molecule has 2 aromatic rings. The maximum Gasteiger partial charge on any atom is 0.279 e. The molecule has 0 aromatic heterocycles. The zero-order valence-corrected chi connectivity index (χ0v) is 15.1. The van der Waals surface area contributed by atoms with Crippen LogP contribution in [-0.2, 0) is 11.3 Å². The Bertz CT molecular complexity index is 753. The van der Waals surface area contributed by atoms with Crippen molar-refractivity contribution in [1.82, 2.24) is 0 Å². The van der Waals surface area contributed by atoms with Gasteiger partial charge in [0.25, 0.3) is 5.91 Å². The summed E-state index contributed by atoms with van der Waals surface area (Å²) in [6, 6.07) is 10.0. The second kappa shape index (κ2) is 9.04. The van der Waals surface area contributed by atoms with Gasteiger partial charge in [-0.2, -0.15) is 0 Å². The average Bonchev–Trinajstić information content (AvgIpc) is 2.67. The van der Waals surface area contributed by atoms with Crippen LogP contribution in [0.25, 0.3) is 0 Å². The molecule has 1 fully saturated rings. The number of rotatable bonds is 6. The summed E-state index contributed by atoms with van der Waals surface area (Å²) < 4.78 is 40.7. The van der Waals surface area contributed by atoms with Crippen molar-refractivity contribution in [2.75, 3.05) is 11.9 Å². The molecule has 1 unspecified atom stereocenters. The fourth-order valence-corrected chi connectivity index (χ4v) is 3.73. The van der Waals surface area contributed by atoms with Crippen LogP contribution < -0.4 is 10.2 Å². The average molecular weight is 377 g/mol. The van der Waals surface area contributed by atoms with Gasteiger partial charge in [-0.3, -0.25) is 4.79 Å². The highest BCUT2D eigenvalue weighted by Gasteiger charge is 2.27. The maximum absolute atomic E-state index is 13.8. The second-order valence-electron chi connectivity index (χ2n) is 7.12. The minimum atomic E-state index is -0.791. The van der Waals surface area contributed by atoms with Gasteiger partial charge in [-0.15, -0.1) is 0 Å². The molecule has 27 heavy (non-hydrogen) atoms. The van der Waals surface area contributed by atoms with Crippen LogP contribution in [0.1, 0.15) is 37.7 Å². The molecule has 3 nitrogen and oxygen atoms in total. The van der Waals surface area contributed by atoms with Crippen molar-refractivity contribution in [3.63, 3.8) is 0 Å². The molecule has 2 aromatic carbocycles. The number of benzene rings is 2. The lowest BCUT2D eigenvalue weighted by Gasteiger charge is -2.31. The molecule has 1 amide bonds. The van der Waals surface area contributed by atoms with Crippen LogP contribution >= 0.6 is 0 Å². The van der Waals surface area contributed by atoms with Gasteiger partial charge in [0, 0.05) is 5.56 Å². The normalized spacial score (nSPS) is 16.1. The number of nitrogens with one attached hydrogen (secondary N) is 2. The predicted octanol–water partition coefficient (Wildman–Crippen LogP) is 3.46. The summed E-state index contributed by atoms with van der Waals surface area (Å²) >= 11 is 0. The molecule has 6 heteroatoms. The third-order valence-corrected chi connectivity index (χ3v) is 5.14. The van der Waals surface area contributed by atoms with E-state index in [-0.39, 0.29) is 12.4 Å². The van der Waals surface area contributed by atoms with Gasteiger partial charge in [-0.05, 0) is 49.9 Å². The topological polar surface area (TPSA) is 33.5 Å². The lowest BCUT2D eigenvalue weighted by Crippen LogP contribution is -3.15. The van der Waals surface area contributed by atoms with E-state index < -0.39 is 23.2 Å². The summed E-state index contributed by atoms with van der Waals surface area (Å²) in [4.78, 5) is 13.5. The van der Waals surface area contributed by atoms with Gasteiger partial charge < -0.3 is 10.2 Å². The molecule has 1 atom stereocenters. The van der Waals surface area contributed by atoms with E-state index in [2.05, 4.69) is 5.32 Å². The zero-order chi connectivity index (χ0) is 19.2. The number of carbonyl (C=O) groups excluding carboxylic acids is 1. The molecule has 0 bridgehead atoms. The fraction of sp³-hybridized carbons (Fsp3) is 0.381. The molecule has 0 saturated heterocycles. The first-order valence-corrected chi connectivity index (χ1v) is 9.36. The summed E-state index contributed by atoms with van der Waals surface area (Å²) in [5.41, 5.74) is 0.522. The molecular weight excluding hydrogens is 353 g/mol. The fourth-order valence-electron chi connectivity index (χ4n) is 3.73. The van der Waals surface area contributed by atoms with Crippen LogP contribution in [0, 0.1) is 17.5 Å². The van der Waals surface area contributed by atoms with Gasteiger partial charge in [0.1, 0.15) is 29.7 Å². The number of hydrogen-bond donors (Lipinski definition) is 2. The first-order valence-electron chi connectivity index (χ1n) is 9.36. The van der Waals surface area contributed by atoms with Gasteiger partial charge in [0.15, 0.2) is 6.54 Å². The number of amides is 1. The number of anilines is 1. The minimum absolute atomic E-state index is 0.107.